The molecule has 6 nitrogen and oxygen atoms in total. The summed E-state index contributed by atoms with van der Waals surface area (Å²) in [5, 5.41) is 0. The Kier molecular flexibility index (Phi) is 6.37. The van der Waals surface area contributed by atoms with Crippen LogP contribution in [0.1, 0.15) is 17.0 Å². The predicted octanol–water partition coefficient (Wildman–Crippen LogP) is 3.08. The molecular formula is C18H19F2NO5S. The molecule has 146 valence electrons. The van der Waals surface area contributed by atoms with Crippen LogP contribution in [0.5, 0.6) is 11.5 Å². The van der Waals surface area contributed by atoms with Crippen LogP contribution in [0.4, 0.5) is 8.78 Å². The van der Waals surface area contributed by atoms with E-state index in [4.69, 9.17) is 4.74 Å². The highest BCUT2D eigenvalue weighted by molar-refractivity contribution is 7.90. The molecular weight excluding hydrogens is 380 g/mol. The van der Waals surface area contributed by atoms with Crippen molar-refractivity contribution in [2.24, 2.45) is 0 Å². The molecule has 1 aromatic heterocycles. The highest BCUT2D eigenvalue weighted by atomic mass is 32.2. The molecule has 9 heteroatoms. The highest BCUT2D eigenvalue weighted by Gasteiger charge is 2.13. The summed E-state index contributed by atoms with van der Waals surface area (Å²) in [4.78, 5) is 11.5. The fraction of sp³-hybridized carbons (Fsp3) is 0.278. The molecule has 0 saturated carbocycles. The molecule has 0 spiro atoms. The van der Waals surface area contributed by atoms with E-state index in [0.29, 0.717) is 5.56 Å². The Morgan fingerprint density at radius 2 is 1.74 bits per heavy atom. The van der Waals surface area contributed by atoms with Crippen molar-refractivity contribution in [3.63, 3.8) is 0 Å². The van der Waals surface area contributed by atoms with Crippen molar-refractivity contribution < 1.29 is 26.7 Å². The van der Waals surface area contributed by atoms with E-state index in [2.05, 4.69) is 4.74 Å². The number of halogens is 2. The first-order valence-electron chi connectivity index (χ1n) is 7.82. The molecule has 0 radical (unpaired) electrons. The van der Waals surface area contributed by atoms with E-state index in [9.17, 15) is 22.0 Å². The summed E-state index contributed by atoms with van der Waals surface area (Å²) in [6.45, 7) is 0.483. The van der Waals surface area contributed by atoms with E-state index in [-0.39, 0.29) is 16.9 Å². The first kappa shape index (κ1) is 20.6. The molecule has 0 amide bonds. The third-order valence-corrected chi connectivity index (χ3v) is 4.04. The molecule has 0 aliphatic carbocycles. The van der Waals surface area contributed by atoms with Crippen LogP contribution < -0.4 is 14.9 Å². The van der Waals surface area contributed by atoms with Crippen LogP contribution in [0.25, 0.3) is 12.3 Å². The summed E-state index contributed by atoms with van der Waals surface area (Å²) >= 11 is 0. The average molecular weight is 399 g/mol. The van der Waals surface area contributed by atoms with Crippen molar-refractivity contribution in [3.05, 3.63) is 57.5 Å². The van der Waals surface area contributed by atoms with Crippen LogP contribution >= 0.6 is 0 Å². The van der Waals surface area contributed by atoms with Gasteiger partial charge in [-0.2, -0.15) is 8.78 Å². The summed E-state index contributed by atoms with van der Waals surface area (Å²) in [5.74, 6) is -1.05. The number of aryl methyl sites for hydroxylation is 2. The van der Waals surface area contributed by atoms with Gasteiger partial charge in [0.1, 0.15) is 0 Å². The van der Waals surface area contributed by atoms with E-state index < -0.39 is 22.4 Å². The van der Waals surface area contributed by atoms with Crippen molar-refractivity contribution in [3.8, 4) is 11.5 Å². The van der Waals surface area contributed by atoms with Crippen molar-refractivity contribution in [1.82, 2.24) is 4.57 Å². The zero-order valence-electron chi connectivity index (χ0n) is 15.0. The van der Waals surface area contributed by atoms with Gasteiger partial charge in [0.15, 0.2) is 32.7 Å². The summed E-state index contributed by atoms with van der Waals surface area (Å²) in [6, 6.07) is 7.16. The van der Waals surface area contributed by atoms with Gasteiger partial charge in [0, 0.05) is 36.0 Å². The fourth-order valence-electron chi connectivity index (χ4n) is 2.37. The van der Waals surface area contributed by atoms with Crippen molar-refractivity contribution >= 4 is 22.1 Å². The predicted molar refractivity (Wildman–Crippen MR) is 98.8 cm³/mol. The molecule has 2 aromatic rings. The molecule has 0 saturated heterocycles. The second-order valence-electron chi connectivity index (χ2n) is 5.93. The Bertz CT molecular complexity index is 987. The van der Waals surface area contributed by atoms with Crippen LogP contribution in [0.15, 0.2) is 35.1 Å². The minimum Gasteiger partial charge on any atom is -0.474 e. The lowest BCUT2D eigenvalue weighted by molar-refractivity contribution is -0.0512. The lowest BCUT2D eigenvalue weighted by Crippen LogP contribution is -2.11. The van der Waals surface area contributed by atoms with Crippen LogP contribution in [0.3, 0.4) is 0 Å². The zero-order chi connectivity index (χ0) is 20.2. The monoisotopic (exact) mass is 399 g/mol. The topological polar surface area (TPSA) is 74.6 Å². The molecule has 0 N–H and O–H groups in total. The minimum atomic E-state index is -3.47. The number of pyridine rings is 1. The lowest BCUT2D eigenvalue weighted by Gasteiger charge is -2.13. The summed E-state index contributed by atoms with van der Waals surface area (Å²) in [6.07, 6.45) is 4.34. The van der Waals surface area contributed by atoms with Crippen LogP contribution in [0.2, 0.25) is 0 Å². The van der Waals surface area contributed by atoms with E-state index in [0.717, 1.165) is 17.6 Å². The molecule has 0 aliphatic heterocycles. The van der Waals surface area contributed by atoms with E-state index in [1.807, 2.05) is 0 Å². The Morgan fingerprint density at radius 1 is 1.11 bits per heavy atom. The lowest BCUT2D eigenvalue weighted by atomic mass is 10.2. The molecule has 0 aliphatic rings. The van der Waals surface area contributed by atoms with Crippen LogP contribution in [0, 0.1) is 13.8 Å². The second-order valence-corrected chi connectivity index (χ2v) is 8.02. The molecule has 0 fully saturated rings. The number of hydrogen-bond donors (Lipinski definition) is 0. The number of alkyl halides is 2. The van der Waals surface area contributed by atoms with Gasteiger partial charge >= 0.3 is 6.61 Å². The molecule has 2 rings (SSSR count). The number of hydrogen-bond acceptors (Lipinski definition) is 5. The maximum absolute atomic E-state index is 12.5. The normalized spacial score (nSPS) is 11.9. The number of benzene rings is 1. The summed E-state index contributed by atoms with van der Waals surface area (Å²) in [7, 11) is -3.47. The van der Waals surface area contributed by atoms with Gasteiger partial charge in [-0.1, -0.05) is 6.07 Å². The first-order valence-corrected chi connectivity index (χ1v) is 9.88. The maximum atomic E-state index is 12.5. The van der Waals surface area contributed by atoms with E-state index in [1.54, 1.807) is 30.7 Å². The van der Waals surface area contributed by atoms with Gasteiger partial charge < -0.3 is 14.0 Å². The third-order valence-electron chi connectivity index (χ3n) is 3.49. The van der Waals surface area contributed by atoms with Gasteiger partial charge in [0.25, 0.3) is 0 Å². The minimum absolute atomic E-state index is 0.0976. The van der Waals surface area contributed by atoms with Crippen LogP contribution in [-0.4, -0.2) is 31.8 Å². The Morgan fingerprint density at radius 3 is 2.30 bits per heavy atom. The number of nitrogens with zero attached hydrogens (tertiary/aromatic N) is 1. The average Bonchev–Trinajstić information content (AvgIpc) is 2.52. The van der Waals surface area contributed by atoms with E-state index >= 15 is 0 Å². The molecule has 1 aromatic carbocycles. The van der Waals surface area contributed by atoms with Gasteiger partial charge in [-0.15, -0.1) is 0 Å². The molecule has 0 bridgehead atoms. The number of ether oxygens (including phenoxy) is 2. The Hall–Kier alpha value is -2.68. The Balaban J connectivity index is 2.36. The molecule has 0 unspecified atom stereocenters. The zero-order valence-corrected chi connectivity index (χ0v) is 15.8. The quantitative estimate of drug-likeness (QED) is 0.715. The fourth-order valence-corrected chi connectivity index (χ4v) is 2.71. The SMILES string of the molecule is Cc1cc(=O)cc(C)n1/C=C/c1ccc(OC(F)F)c(OCS(C)(=O)=O)c1. The van der Waals surface area contributed by atoms with Crippen molar-refractivity contribution in [2.75, 3.05) is 12.2 Å². The number of rotatable bonds is 7. The second kappa shape index (κ2) is 8.34. The molecule has 0 atom stereocenters. The molecule has 27 heavy (non-hydrogen) atoms. The first-order chi connectivity index (χ1) is 12.5. The van der Waals surface area contributed by atoms with Gasteiger partial charge in [-0.05, 0) is 37.6 Å². The highest BCUT2D eigenvalue weighted by Crippen LogP contribution is 2.30. The van der Waals surface area contributed by atoms with Crippen molar-refractivity contribution in [2.45, 2.75) is 20.5 Å². The van der Waals surface area contributed by atoms with Gasteiger partial charge in [0.05, 0.1) is 0 Å². The third kappa shape index (κ3) is 6.21. The molecule has 1 heterocycles. The van der Waals surface area contributed by atoms with Gasteiger partial charge in [0.2, 0.25) is 0 Å². The number of sulfone groups is 1. The van der Waals surface area contributed by atoms with Crippen LogP contribution in [-0.2, 0) is 9.84 Å². The van der Waals surface area contributed by atoms with E-state index in [1.165, 1.54) is 30.3 Å². The maximum Gasteiger partial charge on any atom is 0.387 e. The van der Waals surface area contributed by atoms with Gasteiger partial charge in [-0.25, -0.2) is 8.42 Å². The largest absolute Gasteiger partial charge is 0.474 e. The summed E-state index contributed by atoms with van der Waals surface area (Å²) < 4.78 is 58.9. The van der Waals surface area contributed by atoms with Crippen molar-refractivity contribution in [1.29, 1.82) is 0 Å². The summed E-state index contributed by atoms with van der Waals surface area (Å²) in [5.41, 5.74) is 1.92. The standard InChI is InChI=1S/C18H19F2NO5S/c1-12-8-15(22)9-13(2)21(12)7-6-14-4-5-16(26-18(19)20)17(10-14)25-11-27(3,23)24/h4-10,18H,11H2,1-3H3/b7-6+. The smallest absolute Gasteiger partial charge is 0.387 e. The van der Waals surface area contributed by atoms with Gasteiger partial charge in [-0.3, -0.25) is 4.79 Å². The Labute approximate surface area is 155 Å². The number of aromatic nitrogens is 1.